The van der Waals surface area contributed by atoms with Crippen LogP contribution in [0, 0.1) is 5.82 Å². The van der Waals surface area contributed by atoms with E-state index in [1.54, 1.807) is 0 Å². The number of benzene rings is 2. The third-order valence-corrected chi connectivity index (χ3v) is 6.34. The van der Waals surface area contributed by atoms with Gasteiger partial charge in [-0.25, -0.2) is 4.39 Å². The summed E-state index contributed by atoms with van der Waals surface area (Å²) in [7, 11) is -2.07. The maximum Gasteiger partial charge on any atom is 0.491 e. The molecule has 0 aromatic heterocycles. The maximum absolute atomic E-state index is 14.2. The van der Waals surface area contributed by atoms with Crippen LogP contribution in [0.2, 0.25) is 0 Å². The first-order valence-corrected chi connectivity index (χ1v) is 13.1. The molecule has 2 rings (SSSR count). The lowest BCUT2D eigenvalue weighted by Gasteiger charge is -2.23. The second-order valence-corrected chi connectivity index (χ2v) is 9.50. The molecule has 230 valence electrons. The number of carbonyl (C=O) groups excluding carboxylic acids is 3. The standard InChI is InChI=1S/C26H35BF4N6O5/c28-20-15-18(6-7-19(20)27(41)42)35-25(40)22(9-3-16-1-4-17(5-2-16)26(29,30)31)36-24(39)21(34)8-10-23(38)37(13-11-32)14-12-33/h1-2,4-7,15,21-22,41-42H,3,8-14,32-34H2,(H,35,40)(H,36,39)/t21-,22+/m0/s1. The summed E-state index contributed by atoms with van der Waals surface area (Å²) in [4.78, 5) is 39.9. The number of hydrogen-bond donors (Lipinski definition) is 7. The number of nitrogens with two attached hydrogens (primary N) is 3. The van der Waals surface area contributed by atoms with Gasteiger partial charge in [0, 0.05) is 43.8 Å². The molecule has 0 saturated heterocycles. The summed E-state index contributed by atoms with van der Waals surface area (Å²) in [5, 5.41) is 23.3. The van der Waals surface area contributed by atoms with Crippen molar-refractivity contribution >= 4 is 36.0 Å². The summed E-state index contributed by atoms with van der Waals surface area (Å²) >= 11 is 0. The number of amides is 3. The van der Waals surface area contributed by atoms with E-state index in [9.17, 15) is 42.0 Å². The van der Waals surface area contributed by atoms with Gasteiger partial charge in [0.25, 0.3) is 0 Å². The molecule has 0 unspecified atom stereocenters. The number of alkyl halides is 3. The van der Waals surface area contributed by atoms with Crippen LogP contribution < -0.4 is 33.3 Å². The normalized spacial score (nSPS) is 12.8. The Morgan fingerprint density at radius 1 is 0.952 bits per heavy atom. The van der Waals surface area contributed by atoms with E-state index in [0.717, 1.165) is 24.3 Å². The molecule has 10 N–H and O–H groups in total. The molecular weight excluding hydrogens is 563 g/mol. The van der Waals surface area contributed by atoms with Crippen LogP contribution in [0.15, 0.2) is 42.5 Å². The van der Waals surface area contributed by atoms with E-state index >= 15 is 0 Å². The monoisotopic (exact) mass is 598 g/mol. The van der Waals surface area contributed by atoms with E-state index in [1.165, 1.54) is 23.1 Å². The van der Waals surface area contributed by atoms with Gasteiger partial charge in [-0.2, -0.15) is 13.2 Å². The van der Waals surface area contributed by atoms with E-state index < -0.39 is 54.0 Å². The smallest absolute Gasteiger partial charge is 0.423 e. The Kier molecular flexibility index (Phi) is 13.3. The molecule has 0 heterocycles. The molecule has 2 aromatic rings. The van der Waals surface area contributed by atoms with Crippen LogP contribution in [-0.4, -0.2) is 78.1 Å². The second kappa shape index (κ2) is 16.2. The summed E-state index contributed by atoms with van der Waals surface area (Å²) in [5.74, 6) is -2.85. The van der Waals surface area contributed by atoms with Crippen molar-refractivity contribution in [3.05, 3.63) is 59.4 Å². The molecule has 0 spiro atoms. The molecule has 42 heavy (non-hydrogen) atoms. The molecule has 2 aromatic carbocycles. The molecule has 0 bridgehead atoms. The van der Waals surface area contributed by atoms with Gasteiger partial charge in [-0.05, 0) is 49.1 Å². The number of carbonyl (C=O) groups is 3. The molecule has 3 amide bonds. The number of anilines is 1. The number of aryl methyl sites for hydroxylation is 1. The van der Waals surface area contributed by atoms with Crippen LogP contribution in [0.3, 0.4) is 0 Å². The minimum Gasteiger partial charge on any atom is -0.423 e. The number of halogens is 4. The first-order valence-electron chi connectivity index (χ1n) is 13.1. The lowest BCUT2D eigenvalue weighted by molar-refractivity contribution is -0.137. The van der Waals surface area contributed by atoms with Gasteiger partial charge in [0.15, 0.2) is 0 Å². The first kappa shape index (κ1) is 34.6. The van der Waals surface area contributed by atoms with Crippen LogP contribution in [0.5, 0.6) is 0 Å². The van der Waals surface area contributed by atoms with Gasteiger partial charge in [-0.1, -0.05) is 18.2 Å². The van der Waals surface area contributed by atoms with Crippen molar-refractivity contribution in [1.29, 1.82) is 0 Å². The first-order chi connectivity index (χ1) is 19.8. The highest BCUT2D eigenvalue weighted by molar-refractivity contribution is 6.58. The zero-order valence-electron chi connectivity index (χ0n) is 22.7. The summed E-state index contributed by atoms with van der Waals surface area (Å²) in [6, 6.07) is 4.98. The molecule has 0 aliphatic rings. The summed E-state index contributed by atoms with van der Waals surface area (Å²) in [5.41, 5.74) is 16.1. The van der Waals surface area contributed by atoms with Crippen molar-refractivity contribution in [2.24, 2.45) is 17.2 Å². The van der Waals surface area contributed by atoms with Crippen molar-refractivity contribution < 1.29 is 42.0 Å². The van der Waals surface area contributed by atoms with Gasteiger partial charge in [-0.3, -0.25) is 14.4 Å². The minimum absolute atomic E-state index is 0.0505. The van der Waals surface area contributed by atoms with Crippen LogP contribution >= 0.6 is 0 Å². The largest absolute Gasteiger partial charge is 0.491 e. The van der Waals surface area contributed by atoms with E-state index in [1.807, 2.05) is 0 Å². The lowest BCUT2D eigenvalue weighted by Crippen LogP contribution is -2.50. The van der Waals surface area contributed by atoms with Crippen molar-refractivity contribution in [2.45, 2.75) is 43.9 Å². The Labute approximate surface area is 240 Å². The zero-order valence-corrected chi connectivity index (χ0v) is 22.7. The van der Waals surface area contributed by atoms with Crippen molar-refractivity contribution in [2.75, 3.05) is 31.5 Å². The number of nitrogens with one attached hydrogen (secondary N) is 2. The molecule has 0 aliphatic heterocycles. The molecule has 0 aliphatic carbocycles. The molecular formula is C26H35BF4N6O5. The fourth-order valence-corrected chi connectivity index (χ4v) is 4.00. The Morgan fingerprint density at radius 2 is 1.57 bits per heavy atom. The van der Waals surface area contributed by atoms with E-state index in [0.29, 0.717) is 5.56 Å². The predicted octanol–water partition coefficient (Wildman–Crippen LogP) is -0.566. The Balaban J connectivity index is 2.14. The van der Waals surface area contributed by atoms with Gasteiger partial charge in [-0.15, -0.1) is 0 Å². The van der Waals surface area contributed by atoms with Crippen LogP contribution in [0.25, 0.3) is 0 Å². The fraction of sp³-hybridized carbons (Fsp3) is 0.423. The number of rotatable bonds is 15. The van der Waals surface area contributed by atoms with E-state index in [2.05, 4.69) is 10.6 Å². The second-order valence-electron chi connectivity index (χ2n) is 9.50. The molecule has 2 atom stereocenters. The number of hydrogen-bond acceptors (Lipinski definition) is 8. The van der Waals surface area contributed by atoms with Crippen molar-refractivity contribution in [3.63, 3.8) is 0 Å². The summed E-state index contributed by atoms with van der Waals surface area (Å²) in [6.07, 6.45) is -4.64. The Bertz CT molecular complexity index is 1200. The average Bonchev–Trinajstić information content (AvgIpc) is 2.93. The van der Waals surface area contributed by atoms with Crippen LogP contribution in [0.1, 0.15) is 30.4 Å². The quantitative estimate of drug-likeness (QED) is 0.105. The van der Waals surface area contributed by atoms with Crippen molar-refractivity contribution in [3.8, 4) is 0 Å². The zero-order chi connectivity index (χ0) is 31.4. The Hall–Kier alpha value is -3.57. The molecule has 16 heteroatoms. The molecule has 0 fully saturated rings. The van der Waals surface area contributed by atoms with Crippen molar-refractivity contribution in [1.82, 2.24) is 10.2 Å². The third kappa shape index (κ3) is 10.7. The van der Waals surface area contributed by atoms with Crippen LogP contribution in [0.4, 0.5) is 23.2 Å². The van der Waals surface area contributed by atoms with Gasteiger partial charge < -0.3 is 42.8 Å². The molecule has 0 saturated carbocycles. The Morgan fingerprint density at radius 3 is 2.10 bits per heavy atom. The molecule has 11 nitrogen and oxygen atoms in total. The lowest BCUT2D eigenvalue weighted by atomic mass is 9.80. The fourth-order valence-electron chi connectivity index (χ4n) is 4.00. The highest BCUT2D eigenvalue weighted by atomic mass is 19.4. The SMILES string of the molecule is NCCN(CCN)C(=O)CC[C@H](N)C(=O)N[C@H](CCc1ccc(C(F)(F)F)cc1)C(=O)Nc1ccc(B(O)O)c(F)c1. The summed E-state index contributed by atoms with van der Waals surface area (Å²) in [6.45, 7) is 1.01. The van der Waals surface area contributed by atoms with Gasteiger partial charge in [0.1, 0.15) is 11.9 Å². The maximum atomic E-state index is 14.2. The van der Waals surface area contributed by atoms with Gasteiger partial charge >= 0.3 is 13.3 Å². The topological polar surface area (TPSA) is 197 Å². The third-order valence-electron chi connectivity index (χ3n) is 6.34. The highest BCUT2D eigenvalue weighted by Crippen LogP contribution is 2.29. The van der Waals surface area contributed by atoms with E-state index in [-0.39, 0.29) is 63.5 Å². The minimum atomic E-state index is -4.52. The average molecular weight is 598 g/mol. The van der Waals surface area contributed by atoms with Gasteiger partial charge in [0.05, 0.1) is 11.6 Å². The predicted molar refractivity (Wildman–Crippen MR) is 148 cm³/mol. The van der Waals surface area contributed by atoms with Gasteiger partial charge in [0.2, 0.25) is 17.7 Å². The summed E-state index contributed by atoms with van der Waals surface area (Å²) < 4.78 is 52.9. The highest BCUT2D eigenvalue weighted by Gasteiger charge is 2.30. The van der Waals surface area contributed by atoms with E-state index in [4.69, 9.17) is 17.2 Å². The number of nitrogens with zero attached hydrogens (tertiary/aromatic N) is 1. The van der Waals surface area contributed by atoms with Crippen LogP contribution in [-0.2, 0) is 27.0 Å². The molecule has 0 radical (unpaired) electrons.